The molecule has 3 nitrogen and oxygen atoms in total. The van der Waals surface area contributed by atoms with E-state index >= 15 is 0 Å². The lowest BCUT2D eigenvalue weighted by Gasteiger charge is -2.21. The third-order valence-corrected chi connectivity index (χ3v) is 2.96. The molecule has 0 atom stereocenters. The summed E-state index contributed by atoms with van der Waals surface area (Å²) < 4.78 is 34.1. The Hall–Kier alpha value is -1.49. The lowest BCUT2D eigenvalue weighted by molar-refractivity contribution is -0.0502. The fourth-order valence-corrected chi connectivity index (χ4v) is 2.05. The van der Waals surface area contributed by atoms with E-state index in [1.165, 1.54) is 12.1 Å². The second-order valence-electron chi connectivity index (χ2n) is 4.13. The number of carbonyl (C=O) groups is 1. The summed E-state index contributed by atoms with van der Waals surface area (Å²) in [6.45, 7) is -1.85. The van der Waals surface area contributed by atoms with Gasteiger partial charge in [0.15, 0.2) is 5.78 Å². The maximum absolute atomic E-state index is 12.3. The van der Waals surface area contributed by atoms with Gasteiger partial charge in [0.05, 0.1) is 5.56 Å². The van der Waals surface area contributed by atoms with Crippen molar-refractivity contribution in [1.29, 1.82) is 0 Å². The highest BCUT2D eigenvalue weighted by Crippen LogP contribution is 2.27. The van der Waals surface area contributed by atoms with Crippen LogP contribution in [0.25, 0.3) is 0 Å². The van der Waals surface area contributed by atoms with Gasteiger partial charge in [0.1, 0.15) is 5.75 Å². The molecule has 0 radical (unpaired) electrons. The molecule has 0 bridgehead atoms. The molecule has 5 heteroatoms. The monoisotopic (exact) mass is 256 g/mol. The van der Waals surface area contributed by atoms with Crippen LogP contribution in [-0.4, -0.2) is 25.6 Å². The van der Waals surface area contributed by atoms with Gasteiger partial charge in [-0.15, -0.1) is 0 Å². The van der Waals surface area contributed by atoms with E-state index in [4.69, 9.17) is 4.74 Å². The molecule has 98 valence electrons. The Morgan fingerprint density at radius 3 is 2.61 bits per heavy atom. The molecule has 1 aliphatic rings. The summed E-state index contributed by atoms with van der Waals surface area (Å²) in [6.07, 6.45) is 1.25. The normalized spacial score (nSPS) is 16.8. The molecule has 1 aliphatic heterocycles. The van der Waals surface area contributed by atoms with Gasteiger partial charge >= 0.3 is 6.61 Å². The maximum Gasteiger partial charge on any atom is 0.387 e. The molecule has 2 rings (SSSR count). The Bertz CT molecular complexity index is 414. The van der Waals surface area contributed by atoms with Gasteiger partial charge in [-0.05, 0) is 25.0 Å². The number of hydrogen-bond donors (Lipinski definition) is 0. The minimum atomic E-state index is -2.92. The molecule has 1 aromatic carbocycles. The van der Waals surface area contributed by atoms with Crippen molar-refractivity contribution < 1.29 is 23.0 Å². The molecule has 0 unspecified atom stereocenters. The molecular weight excluding hydrogens is 242 g/mol. The first kappa shape index (κ1) is 13.0. The zero-order valence-electron chi connectivity index (χ0n) is 9.77. The van der Waals surface area contributed by atoms with Crippen LogP contribution < -0.4 is 4.74 Å². The van der Waals surface area contributed by atoms with Gasteiger partial charge in [0.2, 0.25) is 0 Å². The van der Waals surface area contributed by atoms with Crippen molar-refractivity contribution in [3.8, 4) is 5.75 Å². The number of para-hydroxylation sites is 1. The van der Waals surface area contributed by atoms with Gasteiger partial charge in [0.25, 0.3) is 0 Å². The lowest BCUT2D eigenvalue weighted by Crippen LogP contribution is -2.24. The van der Waals surface area contributed by atoms with Crippen LogP contribution in [0.3, 0.4) is 0 Å². The first-order valence-corrected chi connectivity index (χ1v) is 5.84. The van der Waals surface area contributed by atoms with Crippen molar-refractivity contribution in [1.82, 2.24) is 0 Å². The molecule has 1 aromatic rings. The number of hydrogen-bond acceptors (Lipinski definition) is 3. The van der Waals surface area contributed by atoms with Crippen LogP contribution in [0, 0.1) is 5.92 Å². The van der Waals surface area contributed by atoms with E-state index < -0.39 is 6.61 Å². The highest BCUT2D eigenvalue weighted by atomic mass is 19.3. The molecule has 0 N–H and O–H groups in total. The van der Waals surface area contributed by atoms with Gasteiger partial charge < -0.3 is 9.47 Å². The summed E-state index contributed by atoms with van der Waals surface area (Å²) in [7, 11) is 0. The second-order valence-corrected chi connectivity index (χ2v) is 4.13. The number of halogens is 2. The number of ketones is 1. The van der Waals surface area contributed by atoms with E-state index in [2.05, 4.69) is 4.74 Å². The maximum atomic E-state index is 12.3. The number of Topliss-reactive ketones (excluding diaryl/α,β-unsaturated/α-hetero) is 1. The molecule has 0 aliphatic carbocycles. The van der Waals surface area contributed by atoms with Crippen molar-refractivity contribution >= 4 is 5.78 Å². The van der Waals surface area contributed by atoms with Crippen LogP contribution in [0.2, 0.25) is 0 Å². The summed E-state index contributed by atoms with van der Waals surface area (Å²) in [4.78, 5) is 12.2. The van der Waals surface area contributed by atoms with Crippen molar-refractivity contribution in [2.45, 2.75) is 19.5 Å². The summed E-state index contributed by atoms with van der Waals surface area (Å²) >= 11 is 0. The molecule has 1 heterocycles. The zero-order chi connectivity index (χ0) is 13.0. The number of ether oxygens (including phenoxy) is 2. The smallest absolute Gasteiger partial charge is 0.387 e. The number of rotatable bonds is 4. The Morgan fingerprint density at radius 2 is 1.94 bits per heavy atom. The Labute approximate surface area is 104 Å². The summed E-state index contributed by atoms with van der Waals surface area (Å²) in [5.41, 5.74) is 0.227. The fraction of sp³-hybridized carbons (Fsp3) is 0.462. The van der Waals surface area contributed by atoms with Crippen molar-refractivity contribution in [3.05, 3.63) is 29.8 Å². The van der Waals surface area contributed by atoms with Gasteiger partial charge in [-0.2, -0.15) is 8.78 Å². The highest BCUT2D eigenvalue weighted by molar-refractivity contribution is 6.00. The summed E-state index contributed by atoms with van der Waals surface area (Å²) in [5, 5.41) is 0. The van der Waals surface area contributed by atoms with Crippen LogP contribution in [0.1, 0.15) is 23.2 Å². The first-order valence-electron chi connectivity index (χ1n) is 5.84. The van der Waals surface area contributed by atoms with Gasteiger partial charge in [-0.3, -0.25) is 4.79 Å². The van der Waals surface area contributed by atoms with Gasteiger partial charge in [0, 0.05) is 19.1 Å². The largest absolute Gasteiger partial charge is 0.434 e. The van der Waals surface area contributed by atoms with E-state index in [0.29, 0.717) is 26.1 Å². The topological polar surface area (TPSA) is 35.5 Å². The van der Waals surface area contributed by atoms with Crippen molar-refractivity contribution in [3.63, 3.8) is 0 Å². The predicted molar refractivity (Wildman–Crippen MR) is 60.9 cm³/mol. The average molecular weight is 256 g/mol. The quantitative estimate of drug-likeness (QED) is 0.777. The zero-order valence-corrected chi connectivity index (χ0v) is 9.77. The van der Waals surface area contributed by atoms with Crippen LogP contribution in [-0.2, 0) is 4.74 Å². The van der Waals surface area contributed by atoms with E-state index in [1.807, 2.05) is 0 Å². The predicted octanol–water partition coefficient (Wildman–Crippen LogP) is 2.90. The van der Waals surface area contributed by atoms with E-state index in [1.54, 1.807) is 12.1 Å². The first-order chi connectivity index (χ1) is 8.68. The van der Waals surface area contributed by atoms with Crippen LogP contribution in [0.5, 0.6) is 5.75 Å². The molecule has 0 amide bonds. The molecular formula is C13H14F2O3. The Morgan fingerprint density at radius 1 is 1.28 bits per heavy atom. The van der Waals surface area contributed by atoms with Gasteiger partial charge in [-0.1, -0.05) is 12.1 Å². The van der Waals surface area contributed by atoms with Gasteiger partial charge in [-0.25, -0.2) is 0 Å². The Balaban J connectivity index is 2.18. The van der Waals surface area contributed by atoms with Crippen molar-refractivity contribution in [2.24, 2.45) is 5.92 Å². The second kappa shape index (κ2) is 5.91. The summed E-state index contributed by atoms with van der Waals surface area (Å²) in [6, 6.07) is 6.12. The standard InChI is InChI=1S/C13H14F2O3/c14-13(15)18-11-4-2-1-3-10(11)12(16)9-5-7-17-8-6-9/h1-4,9,13H,5-8H2. The van der Waals surface area contributed by atoms with Crippen LogP contribution in [0.15, 0.2) is 24.3 Å². The average Bonchev–Trinajstić information content (AvgIpc) is 2.39. The van der Waals surface area contributed by atoms with E-state index in [9.17, 15) is 13.6 Å². The van der Waals surface area contributed by atoms with E-state index in [-0.39, 0.29) is 23.0 Å². The van der Waals surface area contributed by atoms with Crippen LogP contribution >= 0.6 is 0 Å². The minimum absolute atomic E-state index is 0.0519. The van der Waals surface area contributed by atoms with Crippen molar-refractivity contribution in [2.75, 3.05) is 13.2 Å². The lowest BCUT2D eigenvalue weighted by atomic mass is 9.90. The molecule has 0 aromatic heterocycles. The number of carbonyl (C=O) groups excluding carboxylic acids is 1. The highest BCUT2D eigenvalue weighted by Gasteiger charge is 2.25. The summed E-state index contributed by atoms with van der Waals surface area (Å²) in [5.74, 6) is -0.361. The number of benzene rings is 1. The third-order valence-electron chi connectivity index (χ3n) is 2.96. The molecule has 0 saturated carbocycles. The molecule has 1 fully saturated rings. The number of alkyl halides is 2. The Kier molecular flexibility index (Phi) is 4.25. The SMILES string of the molecule is O=C(c1ccccc1OC(F)F)C1CCOCC1. The molecule has 1 saturated heterocycles. The van der Waals surface area contributed by atoms with Crippen LogP contribution in [0.4, 0.5) is 8.78 Å². The molecule has 0 spiro atoms. The molecule has 18 heavy (non-hydrogen) atoms. The van der Waals surface area contributed by atoms with E-state index in [0.717, 1.165) is 0 Å². The minimum Gasteiger partial charge on any atom is -0.434 e. The fourth-order valence-electron chi connectivity index (χ4n) is 2.05. The third kappa shape index (κ3) is 3.04.